The van der Waals surface area contributed by atoms with Crippen molar-refractivity contribution in [2.24, 2.45) is 5.10 Å². The molecule has 3 rings (SSSR count). The van der Waals surface area contributed by atoms with Gasteiger partial charge in [0.15, 0.2) is 24.3 Å². The maximum Gasteiger partial charge on any atom is 0.344 e. The molecule has 1 aliphatic heterocycles. The van der Waals surface area contributed by atoms with Crippen LogP contribution < -0.4 is 30.3 Å². The fourth-order valence-electron chi connectivity index (χ4n) is 3.98. The number of hydrogen-bond acceptors (Lipinski definition) is 11. The highest BCUT2D eigenvalue weighted by Crippen LogP contribution is 2.35. The van der Waals surface area contributed by atoms with Crippen LogP contribution in [-0.4, -0.2) is 69.1 Å². The molecule has 0 unspecified atom stereocenters. The lowest BCUT2D eigenvalue weighted by Crippen LogP contribution is -2.45. The summed E-state index contributed by atoms with van der Waals surface area (Å²) in [5.41, 5.74) is 4.28. The number of rotatable bonds is 14. The number of urea groups is 1. The van der Waals surface area contributed by atoms with Crippen LogP contribution in [0, 0.1) is 0 Å². The number of hydrogen-bond donors (Lipinski definition) is 4. The molecule has 1 heterocycles. The fourth-order valence-corrected chi connectivity index (χ4v) is 5.35. The summed E-state index contributed by atoms with van der Waals surface area (Å²) in [5, 5.41) is 19.8. The van der Waals surface area contributed by atoms with Crippen LogP contribution in [0.5, 0.6) is 17.2 Å². The maximum absolute atomic E-state index is 12.4. The van der Waals surface area contributed by atoms with Gasteiger partial charge >= 0.3 is 18.0 Å². The molecular formula is C28H32Br2N4O9. The van der Waals surface area contributed by atoms with Crippen molar-refractivity contribution in [2.75, 3.05) is 33.5 Å². The molecule has 15 heteroatoms. The summed E-state index contributed by atoms with van der Waals surface area (Å²) < 4.78 is 28.2. The van der Waals surface area contributed by atoms with Crippen LogP contribution in [0.3, 0.4) is 0 Å². The smallest absolute Gasteiger partial charge is 0.344 e. The molecule has 0 saturated heterocycles. The van der Waals surface area contributed by atoms with Gasteiger partial charge in [0.1, 0.15) is 12.4 Å². The lowest BCUT2D eigenvalue weighted by Gasteiger charge is -2.28. The van der Waals surface area contributed by atoms with E-state index in [-0.39, 0.29) is 25.4 Å². The van der Waals surface area contributed by atoms with E-state index in [1.54, 1.807) is 51.1 Å². The minimum absolute atomic E-state index is 0.207. The van der Waals surface area contributed by atoms with Crippen LogP contribution in [-0.2, 0) is 19.1 Å². The van der Waals surface area contributed by atoms with Crippen LogP contribution in [0.2, 0.25) is 0 Å². The molecule has 13 nitrogen and oxygen atoms in total. The van der Waals surface area contributed by atoms with E-state index >= 15 is 0 Å². The van der Waals surface area contributed by atoms with E-state index in [1.165, 1.54) is 13.3 Å². The molecule has 4 N–H and O–H groups in total. The number of esters is 2. The van der Waals surface area contributed by atoms with Crippen molar-refractivity contribution in [2.45, 2.75) is 33.0 Å². The van der Waals surface area contributed by atoms with Crippen molar-refractivity contribution in [3.63, 3.8) is 0 Å². The number of halogens is 2. The van der Waals surface area contributed by atoms with Gasteiger partial charge in [0.2, 0.25) is 0 Å². The molecule has 2 aromatic carbocycles. The summed E-state index contributed by atoms with van der Waals surface area (Å²) in [5.74, 6) is -0.0779. The quantitative estimate of drug-likeness (QED) is 0.0977. The van der Waals surface area contributed by atoms with Gasteiger partial charge < -0.3 is 39.4 Å². The number of nitrogens with one attached hydrogen (secondary N) is 3. The van der Waals surface area contributed by atoms with E-state index in [9.17, 15) is 19.5 Å². The lowest BCUT2D eigenvalue weighted by molar-refractivity contribution is -0.145. The highest BCUT2D eigenvalue weighted by atomic mass is 79.9. The topological polar surface area (TPSA) is 166 Å². The Bertz CT molecular complexity index is 1400. The van der Waals surface area contributed by atoms with Crippen molar-refractivity contribution in [3.05, 3.63) is 61.7 Å². The van der Waals surface area contributed by atoms with Crippen LogP contribution >= 0.6 is 31.9 Å². The van der Waals surface area contributed by atoms with Gasteiger partial charge in [-0.15, -0.1) is 0 Å². The monoisotopic (exact) mass is 726 g/mol. The zero-order chi connectivity index (χ0) is 31.5. The number of aliphatic hydroxyl groups is 1. The Morgan fingerprint density at radius 3 is 2.58 bits per heavy atom. The van der Waals surface area contributed by atoms with E-state index in [0.717, 1.165) is 4.47 Å². The number of amides is 2. The van der Waals surface area contributed by atoms with Gasteiger partial charge in [-0.05, 0) is 66.5 Å². The van der Waals surface area contributed by atoms with E-state index in [1.807, 2.05) is 0 Å². The van der Waals surface area contributed by atoms with E-state index < -0.39 is 30.2 Å². The Hall–Kier alpha value is -3.82. The number of hydrazone groups is 1. The standard InChI is InChI=1S/C28H32Br2N4O9/c1-5-40-21-10-16(25-24(27(37)39-4)15(3)32-28(38)33-25)7-8-20(21)42-13-22(35)34-31-12-17-9-18(29)11-19(30)26(17)43-14-23(36)41-6-2/h7-12,22,25,34-35H,5-6,13-14H2,1-4H3,(H2,32,33,38)/b31-12+/t22-,25+/m1/s1. The number of benzene rings is 2. The number of allylic oxidation sites excluding steroid dienone is 1. The first kappa shape index (κ1) is 33.7. The van der Waals surface area contributed by atoms with Crippen molar-refractivity contribution < 1.29 is 43.2 Å². The van der Waals surface area contributed by atoms with Gasteiger partial charge in [0.25, 0.3) is 0 Å². The molecule has 0 radical (unpaired) electrons. The largest absolute Gasteiger partial charge is 0.490 e. The van der Waals surface area contributed by atoms with E-state index in [4.69, 9.17) is 23.7 Å². The molecule has 1 aliphatic rings. The number of ether oxygens (including phenoxy) is 5. The second kappa shape index (κ2) is 16.1. The van der Waals surface area contributed by atoms with Gasteiger partial charge in [-0.1, -0.05) is 22.0 Å². The Morgan fingerprint density at radius 1 is 1.12 bits per heavy atom. The third-order valence-electron chi connectivity index (χ3n) is 5.78. The summed E-state index contributed by atoms with van der Waals surface area (Å²) >= 11 is 6.81. The van der Waals surface area contributed by atoms with Crippen molar-refractivity contribution in [1.82, 2.24) is 16.1 Å². The summed E-state index contributed by atoms with van der Waals surface area (Å²) in [6.45, 7) is 5.17. The number of nitrogens with zero attached hydrogens (tertiary/aromatic N) is 1. The molecule has 2 aromatic rings. The molecular weight excluding hydrogens is 696 g/mol. The van der Waals surface area contributed by atoms with Gasteiger partial charge in [0, 0.05) is 15.7 Å². The highest BCUT2D eigenvalue weighted by Gasteiger charge is 2.32. The third kappa shape index (κ3) is 9.33. The van der Waals surface area contributed by atoms with E-state index in [0.29, 0.717) is 45.2 Å². The van der Waals surface area contributed by atoms with Gasteiger partial charge in [-0.2, -0.15) is 5.10 Å². The maximum atomic E-state index is 12.4. The van der Waals surface area contributed by atoms with Gasteiger partial charge in [-0.3, -0.25) is 5.43 Å². The Morgan fingerprint density at radius 2 is 1.88 bits per heavy atom. The fraction of sp³-hybridized carbons (Fsp3) is 0.357. The van der Waals surface area contributed by atoms with Crippen LogP contribution in [0.4, 0.5) is 4.79 Å². The summed E-state index contributed by atoms with van der Waals surface area (Å²) in [4.78, 5) is 36.3. The average molecular weight is 728 g/mol. The summed E-state index contributed by atoms with van der Waals surface area (Å²) in [6.07, 6.45) is 0.201. The van der Waals surface area contributed by atoms with Crippen LogP contribution in [0.25, 0.3) is 0 Å². The normalized spacial score (nSPS) is 15.3. The van der Waals surface area contributed by atoms with Crippen molar-refractivity contribution >= 4 is 56.0 Å². The molecule has 0 saturated carbocycles. The van der Waals surface area contributed by atoms with Crippen LogP contribution in [0.1, 0.15) is 37.9 Å². The molecule has 0 fully saturated rings. The molecule has 0 aromatic heterocycles. The minimum Gasteiger partial charge on any atom is -0.490 e. The number of carbonyl (C=O) groups excluding carboxylic acids is 3. The Balaban J connectivity index is 1.70. The molecule has 232 valence electrons. The van der Waals surface area contributed by atoms with Gasteiger partial charge in [-0.25, -0.2) is 14.4 Å². The Kier molecular flexibility index (Phi) is 12.6. The second-order valence-corrected chi connectivity index (χ2v) is 10.6. The highest BCUT2D eigenvalue weighted by molar-refractivity contribution is 9.11. The zero-order valence-electron chi connectivity index (χ0n) is 23.9. The summed E-state index contributed by atoms with van der Waals surface area (Å²) in [6, 6.07) is 7.17. The minimum atomic E-state index is -1.22. The molecule has 0 bridgehead atoms. The Labute approximate surface area is 265 Å². The zero-order valence-corrected chi connectivity index (χ0v) is 27.0. The molecule has 0 aliphatic carbocycles. The first-order valence-electron chi connectivity index (χ1n) is 13.1. The summed E-state index contributed by atoms with van der Waals surface area (Å²) in [7, 11) is 1.26. The predicted octanol–water partition coefficient (Wildman–Crippen LogP) is 3.67. The average Bonchev–Trinajstić information content (AvgIpc) is 2.95. The third-order valence-corrected chi connectivity index (χ3v) is 6.82. The predicted molar refractivity (Wildman–Crippen MR) is 163 cm³/mol. The number of carbonyl (C=O) groups is 3. The van der Waals surface area contributed by atoms with Gasteiger partial charge in [0.05, 0.1) is 42.6 Å². The molecule has 2 amide bonds. The van der Waals surface area contributed by atoms with Crippen LogP contribution in [0.15, 0.2) is 55.6 Å². The second-order valence-electron chi connectivity index (χ2n) is 8.81. The molecule has 2 atom stereocenters. The first-order valence-corrected chi connectivity index (χ1v) is 14.7. The first-order chi connectivity index (χ1) is 20.6. The van der Waals surface area contributed by atoms with E-state index in [2.05, 4.69) is 53.0 Å². The van der Waals surface area contributed by atoms with Crippen molar-refractivity contribution in [1.29, 1.82) is 0 Å². The SMILES string of the molecule is CCOC(=O)COc1c(Br)cc(Br)cc1/C=N/N[C@H](O)COc1ccc([C@@H]2NC(=O)NC(C)=C2C(=O)OC)cc1OCC. The van der Waals surface area contributed by atoms with Crippen molar-refractivity contribution in [3.8, 4) is 17.2 Å². The number of methoxy groups -OCH3 is 1. The molecule has 43 heavy (non-hydrogen) atoms. The number of aliphatic hydroxyl groups excluding tert-OH is 1. The lowest BCUT2D eigenvalue weighted by atomic mass is 9.95. The molecule has 0 spiro atoms.